The fraction of sp³-hybridized carbons (Fsp3) is 0. The number of pyridine rings is 1. The smallest absolute Gasteiger partial charge is 0.212 e. The van der Waals surface area contributed by atoms with Crippen molar-refractivity contribution in [3.05, 3.63) is 59.3 Å². The van der Waals surface area contributed by atoms with Crippen molar-refractivity contribution in [3.63, 3.8) is 0 Å². The zero-order chi connectivity index (χ0) is 13.2. The lowest BCUT2D eigenvalue weighted by Crippen LogP contribution is -1.84. The molecule has 1 nitrogen and oxygen atoms in total. The van der Waals surface area contributed by atoms with Crippen LogP contribution in [-0.2, 0) is 0 Å². The van der Waals surface area contributed by atoms with Gasteiger partial charge in [-0.2, -0.15) is 15.7 Å². The van der Waals surface area contributed by atoms with E-state index in [2.05, 4.69) is 28.4 Å². The molecule has 94 valence electrons. The van der Waals surface area contributed by atoms with Gasteiger partial charge in [-0.3, -0.25) is 0 Å². The van der Waals surface area contributed by atoms with Gasteiger partial charge in [0.25, 0.3) is 0 Å². The molecule has 0 N–H and O–H groups in total. The topological polar surface area (TPSA) is 12.9 Å². The predicted octanol–water partition coefficient (Wildman–Crippen LogP) is 4.90. The van der Waals surface area contributed by atoms with Crippen molar-refractivity contribution in [1.29, 1.82) is 0 Å². The molecule has 2 heterocycles. The molecule has 0 amide bonds. The number of aromatic nitrogens is 1. The highest BCUT2D eigenvalue weighted by Gasteiger charge is 2.09. The van der Waals surface area contributed by atoms with E-state index in [0.29, 0.717) is 0 Å². The summed E-state index contributed by atoms with van der Waals surface area (Å²) >= 11 is 5.91. The number of benzene rings is 1. The molecule has 0 saturated heterocycles. The predicted molar refractivity (Wildman–Crippen MR) is 80.2 cm³/mol. The summed E-state index contributed by atoms with van der Waals surface area (Å²) in [6.45, 7) is 0. The highest BCUT2D eigenvalue weighted by Crippen LogP contribution is 2.35. The Labute approximate surface area is 120 Å². The number of thiophene rings is 1. The van der Waals surface area contributed by atoms with Crippen LogP contribution in [0.4, 0.5) is 4.39 Å². The first-order chi connectivity index (χ1) is 9.24. The van der Waals surface area contributed by atoms with Gasteiger partial charge in [-0.1, -0.05) is 12.1 Å². The normalized spacial score (nSPS) is 10.6. The van der Waals surface area contributed by atoms with E-state index in [1.807, 2.05) is 24.3 Å². The van der Waals surface area contributed by atoms with Crippen LogP contribution < -0.4 is 0 Å². The first-order valence-corrected chi connectivity index (χ1v) is 7.10. The lowest BCUT2D eigenvalue weighted by molar-refractivity contribution is 0.584. The average molecular weight is 287 g/mol. The van der Waals surface area contributed by atoms with Crippen molar-refractivity contribution in [2.45, 2.75) is 4.90 Å². The largest absolute Gasteiger partial charge is 0.228 e. The van der Waals surface area contributed by atoms with Crippen LogP contribution in [0.2, 0.25) is 0 Å². The minimum absolute atomic E-state index is 0.458. The van der Waals surface area contributed by atoms with Crippen molar-refractivity contribution in [3.8, 4) is 22.3 Å². The molecule has 4 heteroatoms. The van der Waals surface area contributed by atoms with Gasteiger partial charge in [0.1, 0.15) is 0 Å². The average Bonchev–Trinajstić information content (AvgIpc) is 2.90. The molecule has 0 aliphatic rings. The summed E-state index contributed by atoms with van der Waals surface area (Å²) in [5.74, 6) is -0.458. The zero-order valence-corrected chi connectivity index (χ0v) is 11.6. The van der Waals surface area contributed by atoms with Crippen LogP contribution in [0.15, 0.2) is 58.3 Å². The van der Waals surface area contributed by atoms with Crippen molar-refractivity contribution in [1.82, 2.24) is 4.98 Å². The maximum atomic E-state index is 12.9. The van der Waals surface area contributed by atoms with E-state index in [1.54, 1.807) is 23.6 Å². The summed E-state index contributed by atoms with van der Waals surface area (Å²) in [5.41, 5.74) is 4.25. The molecule has 0 unspecified atom stereocenters. The van der Waals surface area contributed by atoms with E-state index >= 15 is 0 Å². The van der Waals surface area contributed by atoms with Crippen LogP contribution in [0, 0.1) is 5.95 Å². The van der Waals surface area contributed by atoms with E-state index in [0.717, 1.165) is 27.1 Å². The summed E-state index contributed by atoms with van der Waals surface area (Å²) < 4.78 is 12.9. The highest BCUT2D eigenvalue weighted by molar-refractivity contribution is 7.80. The Kier molecular flexibility index (Phi) is 3.36. The molecular formula is C15H10FNS2. The minimum Gasteiger partial charge on any atom is -0.228 e. The molecule has 0 saturated carbocycles. The van der Waals surface area contributed by atoms with E-state index in [1.165, 1.54) is 6.07 Å². The van der Waals surface area contributed by atoms with Crippen molar-refractivity contribution in [2.75, 3.05) is 0 Å². The molecule has 2 aromatic heterocycles. The molecule has 0 spiro atoms. The number of hydrogen-bond donors (Lipinski definition) is 1. The molecule has 3 aromatic rings. The first-order valence-electron chi connectivity index (χ1n) is 5.71. The molecule has 19 heavy (non-hydrogen) atoms. The molecule has 3 rings (SSSR count). The summed E-state index contributed by atoms with van der Waals surface area (Å²) in [6, 6.07) is 11.1. The van der Waals surface area contributed by atoms with Gasteiger partial charge in [0.15, 0.2) is 0 Å². The lowest BCUT2D eigenvalue weighted by atomic mass is 10.0. The van der Waals surface area contributed by atoms with E-state index in [9.17, 15) is 4.39 Å². The lowest BCUT2D eigenvalue weighted by Gasteiger charge is -2.05. The van der Waals surface area contributed by atoms with E-state index in [4.69, 9.17) is 0 Å². The zero-order valence-electron chi connectivity index (χ0n) is 9.88. The molecular weight excluding hydrogens is 277 g/mol. The first kappa shape index (κ1) is 12.4. The van der Waals surface area contributed by atoms with Gasteiger partial charge < -0.3 is 0 Å². The Morgan fingerprint density at radius 3 is 2.16 bits per heavy atom. The molecule has 0 fully saturated rings. The maximum absolute atomic E-state index is 12.9. The van der Waals surface area contributed by atoms with Gasteiger partial charge >= 0.3 is 0 Å². The van der Waals surface area contributed by atoms with Crippen LogP contribution in [0.3, 0.4) is 0 Å². The Hall–Kier alpha value is -1.65. The monoisotopic (exact) mass is 287 g/mol. The highest BCUT2D eigenvalue weighted by atomic mass is 32.1. The van der Waals surface area contributed by atoms with Crippen LogP contribution in [-0.4, -0.2) is 4.98 Å². The minimum atomic E-state index is -0.458. The second-order valence-electron chi connectivity index (χ2n) is 4.12. The Morgan fingerprint density at radius 2 is 1.53 bits per heavy atom. The third kappa shape index (κ3) is 2.55. The SMILES string of the molecule is Fc1ccc(-c2cscc2-c2ccc(S)cc2)cn1. The van der Waals surface area contributed by atoms with E-state index < -0.39 is 5.95 Å². The molecule has 0 radical (unpaired) electrons. The summed E-state index contributed by atoms with van der Waals surface area (Å²) in [5, 5.41) is 4.14. The van der Waals surface area contributed by atoms with Gasteiger partial charge in [-0.25, -0.2) is 4.98 Å². The van der Waals surface area contributed by atoms with Crippen LogP contribution in [0.5, 0.6) is 0 Å². The number of halogens is 1. The van der Waals surface area contributed by atoms with Gasteiger partial charge in [-0.05, 0) is 40.6 Å². The second-order valence-corrected chi connectivity index (χ2v) is 5.38. The Morgan fingerprint density at radius 1 is 0.895 bits per heavy atom. The maximum Gasteiger partial charge on any atom is 0.212 e. The summed E-state index contributed by atoms with van der Waals surface area (Å²) in [4.78, 5) is 4.64. The van der Waals surface area contributed by atoms with Crippen molar-refractivity contribution in [2.24, 2.45) is 0 Å². The van der Waals surface area contributed by atoms with Crippen LogP contribution >= 0.6 is 24.0 Å². The van der Waals surface area contributed by atoms with Gasteiger partial charge in [0.05, 0.1) is 0 Å². The van der Waals surface area contributed by atoms with E-state index in [-0.39, 0.29) is 0 Å². The third-order valence-corrected chi connectivity index (χ3v) is 3.92. The molecule has 0 aliphatic carbocycles. The summed E-state index contributed by atoms with van der Waals surface area (Å²) in [6.07, 6.45) is 1.56. The number of rotatable bonds is 2. The van der Waals surface area contributed by atoms with Gasteiger partial charge in [0, 0.05) is 27.8 Å². The van der Waals surface area contributed by atoms with Crippen LogP contribution in [0.1, 0.15) is 0 Å². The molecule has 0 bridgehead atoms. The second kappa shape index (κ2) is 5.15. The third-order valence-electron chi connectivity index (χ3n) is 2.88. The standard InChI is InChI=1S/C15H10FNS2/c16-15-6-3-11(7-17-15)14-9-19-8-13(14)10-1-4-12(18)5-2-10/h1-9,18H. The molecule has 0 atom stereocenters. The number of hydrogen-bond acceptors (Lipinski definition) is 3. The van der Waals surface area contributed by atoms with Gasteiger partial charge in [-0.15, -0.1) is 12.6 Å². The van der Waals surface area contributed by atoms with Crippen molar-refractivity contribution < 1.29 is 4.39 Å². The fourth-order valence-electron chi connectivity index (χ4n) is 1.92. The summed E-state index contributed by atoms with van der Waals surface area (Å²) in [7, 11) is 0. The number of thiol groups is 1. The fourth-order valence-corrected chi connectivity index (χ4v) is 2.94. The quantitative estimate of drug-likeness (QED) is 0.522. The molecule has 1 aromatic carbocycles. The van der Waals surface area contributed by atoms with Crippen molar-refractivity contribution >= 4 is 24.0 Å². The Bertz CT molecular complexity index is 627. The van der Waals surface area contributed by atoms with Crippen LogP contribution in [0.25, 0.3) is 22.3 Å². The number of nitrogens with zero attached hydrogens (tertiary/aromatic N) is 1. The van der Waals surface area contributed by atoms with Gasteiger partial charge in [0.2, 0.25) is 5.95 Å². The Balaban J connectivity index is 2.07. The molecule has 0 aliphatic heterocycles.